The maximum atomic E-state index is 11.8. The van der Waals surface area contributed by atoms with Crippen molar-refractivity contribution in [3.05, 3.63) is 31.8 Å². The topological polar surface area (TPSA) is 38.3 Å². The molecule has 1 aromatic carbocycles. The van der Waals surface area contributed by atoms with Gasteiger partial charge in [-0.05, 0) is 50.7 Å². The van der Waals surface area contributed by atoms with Crippen LogP contribution in [0.15, 0.2) is 22.7 Å². The zero-order valence-corrected chi connectivity index (χ0v) is 11.9. The van der Waals surface area contributed by atoms with E-state index in [1.807, 2.05) is 22.6 Å². The molecule has 0 aliphatic rings. The fourth-order valence-electron chi connectivity index (χ4n) is 0.918. The van der Waals surface area contributed by atoms with Crippen LogP contribution in [0.4, 0.5) is 13.2 Å². The summed E-state index contributed by atoms with van der Waals surface area (Å²) in [5.74, 6) is -0.736. The summed E-state index contributed by atoms with van der Waals surface area (Å²) in [5, 5.41) is 0. The molecule has 3 nitrogen and oxygen atoms in total. The molecule has 0 aromatic heterocycles. The van der Waals surface area contributed by atoms with E-state index in [4.69, 9.17) is 0 Å². The first-order valence-electron chi connectivity index (χ1n) is 4.24. The Balaban J connectivity index is 2.62. The molecule has 0 saturated carbocycles. The molecule has 0 atom stereocenters. The van der Waals surface area contributed by atoms with Gasteiger partial charge in [0, 0.05) is 8.04 Å². The highest BCUT2D eigenvalue weighted by Gasteiger charge is 2.28. The monoisotopic (exact) mass is 423 g/mol. The highest BCUT2D eigenvalue weighted by molar-refractivity contribution is 14.1. The minimum atomic E-state index is -4.48. The Morgan fingerprint density at radius 2 is 2.12 bits per heavy atom. The van der Waals surface area contributed by atoms with Crippen molar-refractivity contribution in [2.24, 2.45) is 0 Å². The molecular formula is C9H6BrF3INO2. The maximum absolute atomic E-state index is 11.8. The average Bonchev–Trinajstić information content (AvgIpc) is 2.20. The number of halogens is 5. The van der Waals surface area contributed by atoms with Gasteiger partial charge in [-0.15, -0.1) is 0 Å². The number of nitrogens with one attached hydrogen (secondary N) is 1. The third-order valence-corrected chi connectivity index (χ3v) is 4.09. The lowest BCUT2D eigenvalue weighted by Gasteiger charge is -2.09. The molecule has 0 spiro atoms. The molecule has 94 valence electrons. The summed E-state index contributed by atoms with van der Waals surface area (Å²) >= 11 is 5.15. The Bertz CT molecular complexity index is 425. The summed E-state index contributed by atoms with van der Waals surface area (Å²) in [6.07, 6.45) is -4.48. The molecule has 0 aliphatic heterocycles. The fraction of sp³-hybridized carbons (Fsp3) is 0.222. The van der Waals surface area contributed by atoms with Crippen molar-refractivity contribution in [2.45, 2.75) is 6.18 Å². The van der Waals surface area contributed by atoms with Crippen LogP contribution >= 0.6 is 38.5 Å². The molecule has 0 aliphatic carbocycles. The number of hydrogen-bond acceptors (Lipinski definition) is 2. The zero-order chi connectivity index (χ0) is 13.1. The van der Waals surface area contributed by atoms with E-state index in [-0.39, 0.29) is 5.56 Å². The Kier molecular flexibility index (Phi) is 5.20. The van der Waals surface area contributed by atoms with E-state index < -0.39 is 18.7 Å². The van der Waals surface area contributed by atoms with Crippen LogP contribution in [0.5, 0.6) is 0 Å². The average molecular weight is 424 g/mol. The van der Waals surface area contributed by atoms with Gasteiger partial charge in [0.1, 0.15) is 0 Å². The second kappa shape index (κ2) is 6.01. The van der Waals surface area contributed by atoms with Gasteiger partial charge >= 0.3 is 6.18 Å². The molecule has 0 bridgehead atoms. The second-order valence-corrected chi connectivity index (χ2v) is 4.89. The predicted molar refractivity (Wildman–Crippen MR) is 66.3 cm³/mol. The van der Waals surface area contributed by atoms with Gasteiger partial charge in [-0.3, -0.25) is 9.63 Å². The Labute approximate surface area is 117 Å². The van der Waals surface area contributed by atoms with E-state index in [0.29, 0.717) is 4.47 Å². The molecule has 1 rings (SSSR count). The number of alkyl halides is 3. The number of carbonyl (C=O) groups is 1. The molecule has 1 aromatic rings. The van der Waals surface area contributed by atoms with Crippen molar-refractivity contribution in [3.8, 4) is 0 Å². The van der Waals surface area contributed by atoms with Gasteiger partial charge in [-0.1, -0.05) is 6.07 Å². The van der Waals surface area contributed by atoms with Gasteiger partial charge in [0.05, 0.1) is 5.56 Å². The third-order valence-electron chi connectivity index (χ3n) is 1.60. The molecule has 0 fully saturated rings. The minimum Gasteiger partial charge on any atom is -0.267 e. The molecule has 0 saturated heterocycles. The van der Waals surface area contributed by atoms with E-state index in [0.717, 1.165) is 3.57 Å². The van der Waals surface area contributed by atoms with Crippen molar-refractivity contribution in [1.82, 2.24) is 5.48 Å². The number of carbonyl (C=O) groups excluding carboxylic acids is 1. The van der Waals surface area contributed by atoms with E-state index in [1.165, 1.54) is 6.07 Å². The van der Waals surface area contributed by atoms with Gasteiger partial charge in [0.15, 0.2) is 6.61 Å². The van der Waals surface area contributed by atoms with Crippen molar-refractivity contribution in [1.29, 1.82) is 0 Å². The number of benzene rings is 1. The Hall–Kier alpha value is -0.350. The second-order valence-electron chi connectivity index (χ2n) is 2.94. The minimum absolute atomic E-state index is 0.207. The fourth-order valence-corrected chi connectivity index (χ4v) is 1.86. The first-order chi connectivity index (χ1) is 7.81. The summed E-state index contributed by atoms with van der Waals surface area (Å²) < 4.78 is 36.6. The summed E-state index contributed by atoms with van der Waals surface area (Å²) in [6, 6.07) is 4.84. The van der Waals surface area contributed by atoms with Crippen LogP contribution in [0, 0.1) is 3.57 Å². The molecule has 8 heteroatoms. The van der Waals surface area contributed by atoms with Crippen molar-refractivity contribution in [2.75, 3.05) is 6.61 Å². The van der Waals surface area contributed by atoms with Gasteiger partial charge < -0.3 is 0 Å². The van der Waals surface area contributed by atoms with Gasteiger partial charge in [-0.25, -0.2) is 5.48 Å². The van der Waals surface area contributed by atoms with Crippen molar-refractivity contribution in [3.63, 3.8) is 0 Å². The van der Waals surface area contributed by atoms with Crippen molar-refractivity contribution >= 4 is 44.4 Å². The number of amides is 1. The van der Waals surface area contributed by atoms with E-state index in [2.05, 4.69) is 20.8 Å². The first-order valence-corrected chi connectivity index (χ1v) is 6.11. The zero-order valence-electron chi connectivity index (χ0n) is 8.15. The molecule has 1 N–H and O–H groups in total. The van der Waals surface area contributed by atoms with Crippen LogP contribution < -0.4 is 5.48 Å². The SMILES string of the molecule is O=C(NOCC(F)(F)F)c1cccc(I)c1Br. The number of hydroxylamine groups is 1. The summed E-state index contributed by atoms with van der Waals surface area (Å²) in [5.41, 5.74) is 1.94. The largest absolute Gasteiger partial charge is 0.414 e. The quantitative estimate of drug-likeness (QED) is 0.598. The van der Waals surface area contributed by atoms with Crippen LogP contribution in [-0.4, -0.2) is 18.7 Å². The van der Waals surface area contributed by atoms with Gasteiger partial charge in [0.25, 0.3) is 5.91 Å². The highest BCUT2D eigenvalue weighted by Crippen LogP contribution is 2.23. The molecule has 0 heterocycles. The van der Waals surface area contributed by atoms with Gasteiger partial charge in [0.2, 0.25) is 0 Å². The Morgan fingerprint density at radius 3 is 2.71 bits per heavy atom. The number of rotatable bonds is 3. The molecule has 17 heavy (non-hydrogen) atoms. The molecule has 0 radical (unpaired) electrons. The van der Waals surface area contributed by atoms with Gasteiger partial charge in [-0.2, -0.15) is 13.2 Å². The van der Waals surface area contributed by atoms with Crippen molar-refractivity contribution < 1.29 is 22.8 Å². The van der Waals surface area contributed by atoms with Crippen LogP contribution in [0.1, 0.15) is 10.4 Å². The normalized spacial score (nSPS) is 11.4. The lowest BCUT2D eigenvalue weighted by atomic mass is 10.2. The van der Waals surface area contributed by atoms with E-state index >= 15 is 0 Å². The third kappa shape index (κ3) is 4.80. The smallest absolute Gasteiger partial charge is 0.267 e. The van der Waals surface area contributed by atoms with Crippen LogP contribution in [0.2, 0.25) is 0 Å². The molecule has 1 amide bonds. The lowest BCUT2D eigenvalue weighted by Crippen LogP contribution is -2.29. The molecule has 0 unspecified atom stereocenters. The van der Waals surface area contributed by atoms with Crippen LogP contribution in [-0.2, 0) is 4.84 Å². The summed E-state index contributed by atoms with van der Waals surface area (Å²) in [6.45, 7) is -1.53. The highest BCUT2D eigenvalue weighted by atomic mass is 127. The molecular weight excluding hydrogens is 418 g/mol. The van der Waals surface area contributed by atoms with Crippen LogP contribution in [0.3, 0.4) is 0 Å². The lowest BCUT2D eigenvalue weighted by molar-refractivity contribution is -0.184. The van der Waals surface area contributed by atoms with E-state index in [1.54, 1.807) is 17.6 Å². The summed E-state index contributed by atoms with van der Waals surface area (Å²) in [4.78, 5) is 15.5. The van der Waals surface area contributed by atoms with E-state index in [9.17, 15) is 18.0 Å². The predicted octanol–water partition coefficient (Wildman–Crippen LogP) is 3.28. The Morgan fingerprint density at radius 1 is 1.47 bits per heavy atom. The maximum Gasteiger partial charge on any atom is 0.414 e. The standard InChI is InChI=1S/C9H6BrF3INO2/c10-7-5(2-1-3-6(7)14)8(16)15-17-4-9(11,12)13/h1-3H,4H2,(H,15,16). The summed E-state index contributed by atoms with van der Waals surface area (Å²) in [7, 11) is 0. The number of hydrogen-bond donors (Lipinski definition) is 1. The van der Waals surface area contributed by atoms with Crippen LogP contribution in [0.25, 0.3) is 0 Å². The first kappa shape index (κ1) is 14.7.